The van der Waals surface area contributed by atoms with Crippen LogP contribution in [0.2, 0.25) is 0 Å². The summed E-state index contributed by atoms with van der Waals surface area (Å²) in [4.78, 5) is 40.9. The second-order valence-corrected chi connectivity index (χ2v) is 10.7. The first-order valence-electron chi connectivity index (χ1n) is 10.5. The minimum atomic E-state index is -3.08. The van der Waals surface area contributed by atoms with Crippen molar-refractivity contribution >= 4 is 33.2 Å². The van der Waals surface area contributed by atoms with Crippen LogP contribution in [0.25, 0.3) is 0 Å². The highest BCUT2D eigenvalue weighted by molar-refractivity contribution is 7.91. The number of hydrogen-bond donors (Lipinski definition) is 1. The van der Waals surface area contributed by atoms with Crippen molar-refractivity contribution in [1.82, 2.24) is 10.2 Å². The first kappa shape index (κ1) is 20.8. The monoisotopic (exact) mass is 433 g/mol. The number of carbonyl (C=O) groups excluding carboxylic acids is 3. The van der Waals surface area contributed by atoms with Gasteiger partial charge in [0, 0.05) is 31.7 Å². The molecular weight excluding hydrogens is 406 g/mol. The van der Waals surface area contributed by atoms with Gasteiger partial charge in [0.05, 0.1) is 17.4 Å². The SMILES string of the molecule is CC(NC(=O)C1CC(=O)N(c2ccc3c(c2)CCC3)C1)C(=O)N1CCS(=O)(=O)CC1. The topological polar surface area (TPSA) is 104 Å². The zero-order chi connectivity index (χ0) is 21.5. The summed E-state index contributed by atoms with van der Waals surface area (Å²) in [5, 5.41) is 2.72. The number of carbonyl (C=O) groups is 3. The Morgan fingerprint density at radius 1 is 1.13 bits per heavy atom. The molecule has 1 aromatic carbocycles. The number of benzene rings is 1. The number of amides is 3. The lowest BCUT2D eigenvalue weighted by Gasteiger charge is -2.29. The lowest BCUT2D eigenvalue weighted by atomic mass is 10.1. The van der Waals surface area contributed by atoms with Crippen molar-refractivity contribution in [3.8, 4) is 0 Å². The van der Waals surface area contributed by atoms with Gasteiger partial charge in [-0.15, -0.1) is 0 Å². The maximum atomic E-state index is 12.7. The van der Waals surface area contributed by atoms with Gasteiger partial charge in [-0.25, -0.2) is 8.42 Å². The molecule has 2 atom stereocenters. The standard InChI is InChI=1S/C21H27N3O5S/c1-14(21(27)23-7-9-30(28,29)10-8-23)22-20(26)17-12-19(25)24(13-17)18-6-5-15-3-2-4-16(15)11-18/h5-6,11,14,17H,2-4,7-10,12-13H2,1H3,(H,22,26). The molecule has 2 saturated heterocycles. The van der Waals surface area contributed by atoms with Crippen LogP contribution in [0, 0.1) is 5.92 Å². The van der Waals surface area contributed by atoms with E-state index in [1.54, 1.807) is 11.8 Å². The Balaban J connectivity index is 1.35. The molecule has 4 rings (SSSR count). The summed E-state index contributed by atoms with van der Waals surface area (Å²) in [6.07, 6.45) is 3.34. The Labute approximate surface area is 176 Å². The Kier molecular flexibility index (Phi) is 5.57. The molecule has 2 unspecified atom stereocenters. The number of nitrogens with one attached hydrogen (secondary N) is 1. The second-order valence-electron chi connectivity index (χ2n) is 8.42. The summed E-state index contributed by atoms with van der Waals surface area (Å²) in [5.41, 5.74) is 3.43. The molecule has 0 radical (unpaired) electrons. The number of hydrogen-bond acceptors (Lipinski definition) is 5. The fourth-order valence-electron chi connectivity index (χ4n) is 4.46. The van der Waals surface area contributed by atoms with Crippen LogP contribution in [0.5, 0.6) is 0 Å². The molecular formula is C21H27N3O5S. The molecule has 1 aromatic rings. The number of aryl methyl sites for hydroxylation is 2. The maximum Gasteiger partial charge on any atom is 0.244 e. The maximum absolute atomic E-state index is 12.7. The van der Waals surface area contributed by atoms with Crippen LogP contribution in [-0.2, 0) is 37.1 Å². The normalized spacial score (nSPS) is 23.9. The van der Waals surface area contributed by atoms with Crippen molar-refractivity contribution in [2.75, 3.05) is 36.0 Å². The molecule has 162 valence electrons. The van der Waals surface area contributed by atoms with Gasteiger partial charge in [-0.3, -0.25) is 14.4 Å². The van der Waals surface area contributed by atoms with Crippen molar-refractivity contribution in [2.45, 2.75) is 38.6 Å². The Hall–Kier alpha value is -2.42. The number of rotatable bonds is 4. The lowest BCUT2D eigenvalue weighted by molar-refractivity contribution is -0.136. The minimum Gasteiger partial charge on any atom is -0.344 e. The molecule has 0 saturated carbocycles. The zero-order valence-electron chi connectivity index (χ0n) is 17.1. The summed E-state index contributed by atoms with van der Waals surface area (Å²) in [6.45, 7) is 2.19. The third kappa shape index (κ3) is 4.21. The summed E-state index contributed by atoms with van der Waals surface area (Å²) in [6, 6.07) is 5.30. The van der Waals surface area contributed by atoms with E-state index in [2.05, 4.69) is 17.4 Å². The van der Waals surface area contributed by atoms with Crippen molar-refractivity contribution in [3.63, 3.8) is 0 Å². The molecule has 3 aliphatic rings. The van der Waals surface area contributed by atoms with Crippen LogP contribution >= 0.6 is 0 Å². The minimum absolute atomic E-state index is 0.0493. The van der Waals surface area contributed by atoms with Gasteiger partial charge in [0.1, 0.15) is 6.04 Å². The Morgan fingerprint density at radius 2 is 1.83 bits per heavy atom. The first-order valence-corrected chi connectivity index (χ1v) is 12.3. The first-order chi connectivity index (χ1) is 14.2. The number of fused-ring (bicyclic) bond motifs is 1. The molecule has 2 aliphatic heterocycles. The van der Waals surface area contributed by atoms with E-state index in [9.17, 15) is 22.8 Å². The van der Waals surface area contributed by atoms with Gasteiger partial charge in [0.2, 0.25) is 17.7 Å². The molecule has 0 aromatic heterocycles. The number of sulfone groups is 1. The average molecular weight is 434 g/mol. The predicted molar refractivity (Wildman–Crippen MR) is 112 cm³/mol. The van der Waals surface area contributed by atoms with E-state index < -0.39 is 21.8 Å². The summed E-state index contributed by atoms with van der Waals surface area (Å²) in [7, 11) is -3.08. The molecule has 3 amide bonds. The molecule has 8 nitrogen and oxygen atoms in total. The number of nitrogens with zero attached hydrogens (tertiary/aromatic N) is 2. The lowest BCUT2D eigenvalue weighted by Crippen LogP contribution is -2.52. The van der Waals surface area contributed by atoms with Gasteiger partial charge in [0.15, 0.2) is 9.84 Å². The second kappa shape index (κ2) is 8.02. The van der Waals surface area contributed by atoms with E-state index in [-0.39, 0.29) is 48.7 Å². The van der Waals surface area contributed by atoms with E-state index in [1.165, 1.54) is 16.0 Å². The van der Waals surface area contributed by atoms with Gasteiger partial charge < -0.3 is 15.1 Å². The van der Waals surface area contributed by atoms with Crippen LogP contribution < -0.4 is 10.2 Å². The third-order valence-electron chi connectivity index (χ3n) is 6.27. The van der Waals surface area contributed by atoms with Crippen molar-refractivity contribution < 1.29 is 22.8 Å². The fraction of sp³-hybridized carbons (Fsp3) is 0.571. The quantitative estimate of drug-likeness (QED) is 0.735. The summed E-state index contributed by atoms with van der Waals surface area (Å²) < 4.78 is 23.1. The molecule has 9 heteroatoms. The van der Waals surface area contributed by atoms with E-state index in [4.69, 9.17) is 0 Å². The highest BCUT2D eigenvalue weighted by atomic mass is 32.2. The molecule has 0 bridgehead atoms. The Morgan fingerprint density at radius 3 is 2.57 bits per heavy atom. The molecule has 1 N–H and O–H groups in total. The summed E-state index contributed by atoms with van der Waals surface area (Å²) >= 11 is 0. The molecule has 2 heterocycles. The van der Waals surface area contributed by atoms with Gasteiger partial charge >= 0.3 is 0 Å². The van der Waals surface area contributed by atoms with Gasteiger partial charge in [0.25, 0.3) is 0 Å². The average Bonchev–Trinajstić information content (AvgIpc) is 3.33. The Bertz CT molecular complexity index is 976. The smallest absolute Gasteiger partial charge is 0.244 e. The molecule has 30 heavy (non-hydrogen) atoms. The number of anilines is 1. The van der Waals surface area contributed by atoms with Gasteiger partial charge in [-0.2, -0.15) is 0 Å². The largest absolute Gasteiger partial charge is 0.344 e. The van der Waals surface area contributed by atoms with E-state index in [0.717, 1.165) is 24.9 Å². The fourth-order valence-corrected chi connectivity index (χ4v) is 5.66. The van der Waals surface area contributed by atoms with E-state index >= 15 is 0 Å². The van der Waals surface area contributed by atoms with Gasteiger partial charge in [-0.05, 0) is 49.4 Å². The molecule has 2 fully saturated rings. The van der Waals surface area contributed by atoms with Crippen molar-refractivity contribution in [3.05, 3.63) is 29.3 Å². The van der Waals surface area contributed by atoms with Crippen LogP contribution in [0.1, 0.15) is 30.9 Å². The van der Waals surface area contributed by atoms with Crippen LogP contribution in [0.4, 0.5) is 5.69 Å². The van der Waals surface area contributed by atoms with Crippen LogP contribution in [0.15, 0.2) is 18.2 Å². The predicted octanol–water partition coefficient (Wildman–Crippen LogP) is 0.290. The highest BCUT2D eigenvalue weighted by Gasteiger charge is 2.37. The molecule has 1 aliphatic carbocycles. The van der Waals surface area contributed by atoms with Gasteiger partial charge in [-0.1, -0.05) is 6.07 Å². The molecule has 0 spiro atoms. The van der Waals surface area contributed by atoms with Crippen LogP contribution in [-0.4, -0.2) is 68.2 Å². The van der Waals surface area contributed by atoms with Crippen LogP contribution in [0.3, 0.4) is 0 Å². The third-order valence-corrected chi connectivity index (χ3v) is 7.88. The van der Waals surface area contributed by atoms with Crippen molar-refractivity contribution in [1.29, 1.82) is 0 Å². The highest BCUT2D eigenvalue weighted by Crippen LogP contribution is 2.30. The van der Waals surface area contributed by atoms with E-state index in [0.29, 0.717) is 6.54 Å². The summed E-state index contributed by atoms with van der Waals surface area (Å²) in [5.74, 6) is -1.31. The van der Waals surface area contributed by atoms with Crippen molar-refractivity contribution in [2.24, 2.45) is 5.92 Å². The zero-order valence-corrected chi connectivity index (χ0v) is 17.9. The van der Waals surface area contributed by atoms with E-state index in [1.807, 2.05) is 6.07 Å².